The molecule has 0 aromatic carbocycles. The van der Waals surface area contributed by atoms with Gasteiger partial charge in [0.2, 0.25) is 0 Å². The molecule has 1 fully saturated rings. The standard InChI is InChI=1S/C14H15N5S/c1-9-7-20-14-12(9)13(15-8-16-14)19-6-2-3-11(19)10-4-5-17-18-10/h4-5,7-8,11H,2-3,6H2,1H3,(H,17,18). The lowest BCUT2D eigenvalue weighted by atomic mass is 10.1. The van der Waals surface area contributed by atoms with E-state index in [9.17, 15) is 0 Å². The number of nitrogens with one attached hydrogen (secondary N) is 1. The monoisotopic (exact) mass is 285 g/mol. The number of fused-ring (bicyclic) bond motifs is 1. The van der Waals surface area contributed by atoms with E-state index in [4.69, 9.17) is 0 Å². The summed E-state index contributed by atoms with van der Waals surface area (Å²) in [7, 11) is 0. The summed E-state index contributed by atoms with van der Waals surface area (Å²) in [6, 6.07) is 2.40. The molecule has 0 radical (unpaired) electrons. The molecule has 1 N–H and O–H groups in total. The fraction of sp³-hybridized carbons (Fsp3) is 0.357. The quantitative estimate of drug-likeness (QED) is 0.786. The van der Waals surface area contributed by atoms with Crippen LogP contribution in [-0.2, 0) is 0 Å². The van der Waals surface area contributed by atoms with E-state index in [0.717, 1.165) is 23.6 Å². The minimum absolute atomic E-state index is 0.342. The van der Waals surface area contributed by atoms with Gasteiger partial charge in [-0.2, -0.15) is 5.10 Å². The summed E-state index contributed by atoms with van der Waals surface area (Å²) in [4.78, 5) is 12.4. The molecule has 4 heterocycles. The number of hydrogen-bond acceptors (Lipinski definition) is 5. The number of rotatable bonds is 2. The zero-order valence-electron chi connectivity index (χ0n) is 11.2. The highest BCUT2D eigenvalue weighted by Crippen LogP contribution is 2.39. The second kappa shape index (κ2) is 4.56. The number of hydrogen-bond donors (Lipinski definition) is 1. The third-order valence-electron chi connectivity index (χ3n) is 3.94. The maximum absolute atomic E-state index is 4.57. The summed E-state index contributed by atoms with van der Waals surface area (Å²) in [5.74, 6) is 1.06. The first kappa shape index (κ1) is 11.8. The number of thiophene rings is 1. The van der Waals surface area contributed by atoms with E-state index in [1.807, 2.05) is 6.20 Å². The second-order valence-electron chi connectivity index (χ2n) is 5.16. The molecular weight excluding hydrogens is 270 g/mol. The third-order valence-corrected chi connectivity index (χ3v) is 4.94. The summed E-state index contributed by atoms with van der Waals surface area (Å²) in [5, 5.41) is 10.5. The molecule has 20 heavy (non-hydrogen) atoms. The molecule has 0 saturated carbocycles. The second-order valence-corrected chi connectivity index (χ2v) is 6.02. The average Bonchev–Trinajstić information content (AvgIpc) is 3.18. The van der Waals surface area contributed by atoms with Crippen molar-refractivity contribution in [1.82, 2.24) is 20.2 Å². The molecule has 5 nitrogen and oxygen atoms in total. The van der Waals surface area contributed by atoms with Gasteiger partial charge in [-0.1, -0.05) is 0 Å². The van der Waals surface area contributed by atoms with Crippen molar-refractivity contribution in [3.05, 3.63) is 35.2 Å². The number of aryl methyl sites for hydroxylation is 1. The molecule has 1 aliphatic heterocycles. The first-order chi connectivity index (χ1) is 9.84. The van der Waals surface area contributed by atoms with Crippen LogP contribution in [0, 0.1) is 6.92 Å². The maximum atomic E-state index is 4.57. The molecule has 0 aliphatic carbocycles. The molecule has 1 aliphatic rings. The van der Waals surface area contributed by atoms with Crippen molar-refractivity contribution in [3.8, 4) is 0 Å². The number of anilines is 1. The van der Waals surface area contributed by atoms with Gasteiger partial charge in [0.15, 0.2) is 0 Å². The van der Waals surface area contributed by atoms with Gasteiger partial charge in [0.25, 0.3) is 0 Å². The van der Waals surface area contributed by atoms with Gasteiger partial charge in [-0.3, -0.25) is 5.10 Å². The van der Waals surface area contributed by atoms with Crippen LogP contribution in [0.25, 0.3) is 10.2 Å². The van der Waals surface area contributed by atoms with Crippen molar-refractivity contribution in [1.29, 1.82) is 0 Å². The largest absolute Gasteiger partial charge is 0.347 e. The summed E-state index contributed by atoms with van der Waals surface area (Å²) in [6.07, 6.45) is 5.81. The Hall–Kier alpha value is -1.95. The highest BCUT2D eigenvalue weighted by molar-refractivity contribution is 7.17. The van der Waals surface area contributed by atoms with Gasteiger partial charge in [0, 0.05) is 12.7 Å². The maximum Gasteiger partial charge on any atom is 0.141 e. The fourth-order valence-electron chi connectivity index (χ4n) is 3.01. The van der Waals surface area contributed by atoms with Crippen molar-refractivity contribution in [2.45, 2.75) is 25.8 Å². The van der Waals surface area contributed by atoms with E-state index < -0.39 is 0 Å². The zero-order valence-corrected chi connectivity index (χ0v) is 12.0. The van der Waals surface area contributed by atoms with Crippen LogP contribution in [0.5, 0.6) is 0 Å². The lowest BCUT2D eigenvalue weighted by molar-refractivity contribution is 0.685. The van der Waals surface area contributed by atoms with E-state index in [-0.39, 0.29) is 0 Å². The van der Waals surface area contributed by atoms with Crippen LogP contribution < -0.4 is 4.90 Å². The lowest BCUT2D eigenvalue weighted by Gasteiger charge is -2.25. The Morgan fingerprint density at radius 2 is 2.35 bits per heavy atom. The number of H-pyrrole nitrogens is 1. The summed E-state index contributed by atoms with van der Waals surface area (Å²) >= 11 is 1.69. The Balaban J connectivity index is 1.84. The fourth-order valence-corrected chi connectivity index (χ4v) is 3.90. The Morgan fingerprint density at radius 3 is 3.20 bits per heavy atom. The molecule has 3 aromatic heterocycles. The van der Waals surface area contributed by atoms with Gasteiger partial charge in [-0.05, 0) is 36.8 Å². The van der Waals surface area contributed by atoms with Crippen LogP contribution in [0.15, 0.2) is 24.0 Å². The Kier molecular flexibility index (Phi) is 2.70. The Labute approximate surface area is 120 Å². The van der Waals surface area contributed by atoms with Gasteiger partial charge in [0.1, 0.15) is 17.0 Å². The van der Waals surface area contributed by atoms with Crippen LogP contribution in [0.2, 0.25) is 0 Å². The van der Waals surface area contributed by atoms with Crippen LogP contribution in [0.3, 0.4) is 0 Å². The molecule has 0 bridgehead atoms. The van der Waals surface area contributed by atoms with E-state index in [1.165, 1.54) is 23.1 Å². The molecule has 1 unspecified atom stereocenters. The highest BCUT2D eigenvalue weighted by atomic mass is 32.1. The SMILES string of the molecule is Cc1csc2ncnc(N3CCCC3c3ccn[nH]3)c12. The smallest absolute Gasteiger partial charge is 0.141 e. The van der Waals surface area contributed by atoms with Crippen LogP contribution in [-0.4, -0.2) is 26.7 Å². The van der Waals surface area contributed by atoms with Gasteiger partial charge in [-0.25, -0.2) is 9.97 Å². The van der Waals surface area contributed by atoms with Crippen molar-refractivity contribution in [2.24, 2.45) is 0 Å². The minimum Gasteiger partial charge on any atom is -0.347 e. The molecule has 102 valence electrons. The lowest BCUT2D eigenvalue weighted by Crippen LogP contribution is -2.24. The number of aromatic nitrogens is 4. The third kappa shape index (κ3) is 1.71. The van der Waals surface area contributed by atoms with Gasteiger partial charge >= 0.3 is 0 Å². The van der Waals surface area contributed by atoms with Crippen molar-refractivity contribution in [2.75, 3.05) is 11.4 Å². The average molecular weight is 285 g/mol. The van der Waals surface area contributed by atoms with Gasteiger partial charge in [0.05, 0.1) is 17.1 Å². The van der Waals surface area contributed by atoms with E-state index in [2.05, 4.69) is 43.4 Å². The summed E-state index contributed by atoms with van der Waals surface area (Å²) in [6.45, 7) is 3.16. The van der Waals surface area contributed by atoms with Crippen molar-refractivity contribution < 1.29 is 0 Å². The van der Waals surface area contributed by atoms with Crippen LogP contribution in [0.1, 0.15) is 30.1 Å². The number of aromatic amines is 1. The normalized spacial score (nSPS) is 19.1. The predicted molar refractivity (Wildman–Crippen MR) is 80.1 cm³/mol. The molecule has 0 spiro atoms. The molecular formula is C14H15N5S. The molecule has 0 amide bonds. The number of nitrogens with zero attached hydrogens (tertiary/aromatic N) is 4. The molecule has 4 rings (SSSR count). The van der Waals surface area contributed by atoms with Gasteiger partial charge in [-0.15, -0.1) is 11.3 Å². The molecule has 1 saturated heterocycles. The van der Waals surface area contributed by atoms with Crippen molar-refractivity contribution in [3.63, 3.8) is 0 Å². The van der Waals surface area contributed by atoms with Crippen LogP contribution in [0.4, 0.5) is 5.82 Å². The highest BCUT2D eigenvalue weighted by Gasteiger charge is 2.29. The summed E-state index contributed by atoms with van der Waals surface area (Å²) < 4.78 is 0. The van der Waals surface area contributed by atoms with E-state index in [0.29, 0.717) is 6.04 Å². The topological polar surface area (TPSA) is 57.7 Å². The van der Waals surface area contributed by atoms with Crippen molar-refractivity contribution >= 4 is 27.4 Å². The summed E-state index contributed by atoms with van der Waals surface area (Å²) in [5.41, 5.74) is 2.43. The predicted octanol–water partition coefficient (Wildman–Crippen LogP) is 3.06. The zero-order chi connectivity index (χ0) is 13.5. The van der Waals surface area contributed by atoms with Crippen LogP contribution >= 0.6 is 11.3 Å². The van der Waals surface area contributed by atoms with Gasteiger partial charge < -0.3 is 4.90 Å². The first-order valence-corrected chi connectivity index (χ1v) is 7.67. The molecule has 6 heteroatoms. The Bertz CT molecular complexity index is 733. The van der Waals surface area contributed by atoms with E-state index >= 15 is 0 Å². The first-order valence-electron chi connectivity index (χ1n) is 6.79. The molecule has 3 aromatic rings. The molecule has 1 atom stereocenters. The minimum atomic E-state index is 0.342. The Morgan fingerprint density at radius 1 is 1.40 bits per heavy atom. The van der Waals surface area contributed by atoms with E-state index in [1.54, 1.807) is 17.7 Å².